The van der Waals surface area contributed by atoms with E-state index < -0.39 is 0 Å². The van der Waals surface area contributed by atoms with Crippen LogP contribution in [-0.2, 0) is 11.2 Å². The van der Waals surface area contributed by atoms with Gasteiger partial charge in [0.25, 0.3) is 0 Å². The van der Waals surface area contributed by atoms with E-state index in [9.17, 15) is 4.79 Å². The van der Waals surface area contributed by atoms with Crippen molar-refractivity contribution in [3.05, 3.63) is 66.5 Å². The first-order valence-electron chi connectivity index (χ1n) is 15.9. The Morgan fingerprint density at radius 2 is 1.07 bits per heavy atom. The highest BCUT2D eigenvalue weighted by Gasteiger charge is 2.07. The standard InChI is InChI=1S/C36H50N2O2/c1-3-5-7-9-11-13-14-16-18-30-20-22-32(23-21-30)36-37-28-33(29-38-36)31-24-26-34(27-25-31)40-35(39)19-17-15-12-10-8-6-4-2/h20-29H,3-19H2,1-2H3. The zero-order valence-electron chi connectivity index (χ0n) is 25.0. The SMILES string of the molecule is CCCCCCCCCCc1ccc(-c2ncc(-c3ccc(OC(=O)CCCCCCCCC)cc3)cn2)cc1. The molecule has 1 heterocycles. The highest BCUT2D eigenvalue weighted by Crippen LogP contribution is 2.24. The van der Waals surface area contributed by atoms with Gasteiger partial charge >= 0.3 is 5.97 Å². The Hall–Kier alpha value is -3.01. The highest BCUT2D eigenvalue weighted by atomic mass is 16.5. The minimum Gasteiger partial charge on any atom is -0.427 e. The fourth-order valence-electron chi connectivity index (χ4n) is 5.03. The van der Waals surface area contributed by atoms with Crippen molar-refractivity contribution in [1.29, 1.82) is 0 Å². The first-order chi connectivity index (χ1) is 19.7. The third-order valence-electron chi connectivity index (χ3n) is 7.59. The lowest BCUT2D eigenvalue weighted by molar-refractivity contribution is -0.134. The van der Waals surface area contributed by atoms with Crippen molar-refractivity contribution in [2.75, 3.05) is 0 Å². The molecule has 0 aliphatic rings. The van der Waals surface area contributed by atoms with Gasteiger partial charge in [-0.05, 0) is 42.5 Å². The van der Waals surface area contributed by atoms with Crippen molar-refractivity contribution in [3.8, 4) is 28.3 Å². The lowest BCUT2D eigenvalue weighted by Gasteiger charge is -2.07. The van der Waals surface area contributed by atoms with E-state index in [4.69, 9.17) is 4.74 Å². The molecule has 0 bridgehead atoms. The minimum absolute atomic E-state index is 0.155. The zero-order chi connectivity index (χ0) is 28.3. The number of carbonyl (C=O) groups excluding carboxylic acids is 1. The molecule has 0 aliphatic heterocycles. The van der Waals surface area contributed by atoms with Gasteiger partial charge in [-0.3, -0.25) is 4.79 Å². The van der Waals surface area contributed by atoms with Crippen LogP contribution in [0.25, 0.3) is 22.5 Å². The number of rotatable bonds is 20. The van der Waals surface area contributed by atoms with Gasteiger partial charge in [0, 0.05) is 29.9 Å². The van der Waals surface area contributed by atoms with E-state index in [1.165, 1.54) is 89.0 Å². The van der Waals surface area contributed by atoms with Crippen molar-refractivity contribution in [1.82, 2.24) is 9.97 Å². The number of nitrogens with zero attached hydrogens (tertiary/aromatic N) is 2. The van der Waals surface area contributed by atoms with Gasteiger partial charge in [-0.2, -0.15) is 0 Å². The molecule has 0 N–H and O–H groups in total. The quantitative estimate of drug-likeness (QED) is 0.0809. The van der Waals surface area contributed by atoms with Crippen LogP contribution in [0.4, 0.5) is 0 Å². The van der Waals surface area contributed by atoms with E-state index in [-0.39, 0.29) is 5.97 Å². The van der Waals surface area contributed by atoms with Crippen LogP contribution < -0.4 is 4.74 Å². The summed E-state index contributed by atoms with van der Waals surface area (Å²) >= 11 is 0. The molecule has 3 rings (SSSR count). The van der Waals surface area contributed by atoms with Crippen LogP contribution in [0, 0.1) is 0 Å². The summed E-state index contributed by atoms with van der Waals surface area (Å²) < 4.78 is 5.52. The van der Waals surface area contributed by atoms with Gasteiger partial charge in [-0.15, -0.1) is 0 Å². The molecule has 4 nitrogen and oxygen atoms in total. The largest absolute Gasteiger partial charge is 0.427 e. The summed E-state index contributed by atoms with van der Waals surface area (Å²) in [6.45, 7) is 4.50. The fourth-order valence-corrected chi connectivity index (χ4v) is 5.03. The molecule has 216 valence electrons. The third-order valence-corrected chi connectivity index (χ3v) is 7.59. The van der Waals surface area contributed by atoms with Gasteiger partial charge in [-0.25, -0.2) is 9.97 Å². The number of esters is 1. The number of hydrogen-bond acceptors (Lipinski definition) is 4. The molecule has 0 atom stereocenters. The van der Waals surface area contributed by atoms with Gasteiger partial charge in [0.2, 0.25) is 0 Å². The zero-order valence-corrected chi connectivity index (χ0v) is 25.0. The molecule has 3 aromatic rings. The van der Waals surface area contributed by atoms with E-state index in [1.54, 1.807) is 0 Å². The van der Waals surface area contributed by atoms with E-state index in [1.807, 2.05) is 36.7 Å². The molecule has 0 spiro atoms. The molecular formula is C36H50N2O2. The summed E-state index contributed by atoms with van der Waals surface area (Å²) in [5.74, 6) is 1.16. The molecule has 2 aromatic carbocycles. The van der Waals surface area contributed by atoms with Crippen molar-refractivity contribution >= 4 is 5.97 Å². The van der Waals surface area contributed by atoms with Crippen LogP contribution in [0.3, 0.4) is 0 Å². The van der Waals surface area contributed by atoms with Gasteiger partial charge < -0.3 is 4.74 Å². The summed E-state index contributed by atoms with van der Waals surface area (Å²) in [5.41, 5.74) is 4.36. The van der Waals surface area contributed by atoms with E-state index in [0.717, 1.165) is 41.8 Å². The van der Waals surface area contributed by atoms with Gasteiger partial charge in [-0.1, -0.05) is 134 Å². The normalized spacial score (nSPS) is 11.1. The molecule has 0 aliphatic carbocycles. The van der Waals surface area contributed by atoms with Crippen molar-refractivity contribution in [2.24, 2.45) is 0 Å². The van der Waals surface area contributed by atoms with Crippen LogP contribution in [0.1, 0.15) is 122 Å². The maximum atomic E-state index is 12.2. The summed E-state index contributed by atoms with van der Waals surface area (Å²) in [6, 6.07) is 16.3. The summed E-state index contributed by atoms with van der Waals surface area (Å²) in [7, 11) is 0. The predicted molar refractivity (Wildman–Crippen MR) is 167 cm³/mol. The molecule has 0 radical (unpaired) electrons. The molecule has 0 saturated carbocycles. The summed E-state index contributed by atoms with van der Waals surface area (Å²) in [5, 5.41) is 0. The molecule has 4 heteroatoms. The molecule has 0 unspecified atom stereocenters. The molecule has 0 fully saturated rings. The van der Waals surface area contributed by atoms with Gasteiger partial charge in [0.05, 0.1) is 0 Å². The Bertz CT molecular complexity index is 1080. The molecular weight excluding hydrogens is 492 g/mol. The van der Waals surface area contributed by atoms with E-state index >= 15 is 0 Å². The molecule has 0 saturated heterocycles. The first kappa shape index (κ1) is 31.5. The second kappa shape index (κ2) is 19.1. The monoisotopic (exact) mass is 542 g/mol. The average molecular weight is 543 g/mol. The lowest BCUT2D eigenvalue weighted by Crippen LogP contribution is -2.07. The number of aromatic nitrogens is 2. The third kappa shape index (κ3) is 12.0. The number of hydrogen-bond donors (Lipinski definition) is 0. The van der Waals surface area contributed by atoms with Gasteiger partial charge in [0.1, 0.15) is 5.75 Å². The Morgan fingerprint density at radius 1 is 0.575 bits per heavy atom. The minimum atomic E-state index is -0.155. The van der Waals surface area contributed by atoms with Crippen LogP contribution in [0.2, 0.25) is 0 Å². The van der Waals surface area contributed by atoms with Crippen LogP contribution in [0.5, 0.6) is 5.75 Å². The van der Waals surface area contributed by atoms with Gasteiger partial charge in [0.15, 0.2) is 5.82 Å². The molecule has 40 heavy (non-hydrogen) atoms. The second-order valence-electron chi connectivity index (χ2n) is 11.1. The lowest BCUT2D eigenvalue weighted by atomic mass is 10.0. The molecule has 0 amide bonds. The van der Waals surface area contributed by atoms with Crippen LogP contribution in [-0.4, -0.2) is 15.9 Å². The highest BCUT2D eigenvalue weighted by molar-refractivity contribution is 5.73. The predicted octanol–water partition coefficient (Wildman–Crippen LogP) is 10.5. The van der Waals surface area contributed by atoms with Crippen molar-refractivity contribution in [2.45, 2.75) is 123 Å². The number of benzene rings is 2. The Balaban J connectivity index is 1.39. The summed E-state index contributed by atoms with van der Waals surface area (Å²) in [4.78, 5) is 21.4. The summed E-state index contributed by atoms with van der Waals surface area (Å²) in [6.07, 6.45) is 24.5. The smallest absolute Gasteiger partial charge is 0.311 e. The Morgan fingerprint density at radius 3 is 1.65 bits per heavy atom. The number of unbranched alkanes of at least 4 members (excludes halogenated alkanes) is 13. The Labute approximate surface area is 243 Å². The van der Waals surface area contributed by atoms with Crippen LogP contribution in [0.15, 0.2) is 60.9 Å². The Kier molecular flexibility index (Phi) is 15.1. The second-order valence-corrected chi connectivity index (χ2v) is 11.1. The maximum Gasteiger partial charge on any atom is 0.311 e. The number of ether oxygens (including phenoxy) is 1. The van der Waals surface area contributed by atoms with Crippen LogP contribution >= 0.6 is 0 Å². The number of aryl methyl sites for hydroxylation is 1. The van der Waals surface area contributed by atoms with Crippen molar-refractivity contribution < 1.29 is 9.53 Å². The average Bonchev–Trinajstić information content (AvgIpc) is 2.99. The van der Waals surface area contributed by atoms with Crippen molar-refractivity contribution in [3.63, 3.8) is 0 Å². The first-order valence-corrected chi connectivity index (χ1v) is 15.9. The topological polar surface area (TPSA) is 52.1 Å². The van der Waals surface area contributed by atoms with E-state index in [2.05, 4.69) is 48.1 Å². The maximum absolute atomic E-state index is 12.2. The molecule has 1 aromatic heterocycles. The fraction of sp³-hybridized carbons (Fsp3) is 0.528. The van der Waals surface area contributed by atoms with E-state index in [0.29, 0.717) is 12.2 Å². The number of carbonyl (C=O) groups is 1.